The van der Waals surface area contributed by atoms with Gasteiger partial charge in [-0.05, 0) is 23.6 Å². The number of hydrogen-bond donors (Lipinski definition) is 2. The van der Waals surface area contributed by atoms with Crippen molar-refractivity contribution in [3.8, 4) is 11.4 Å². The molecule has 1 aromatic heterocycles. The van der Waals surface area contributed by atoms with Crippen molar-refractivity contribution >= 4 is 34.1 Å². The first kappa shape index (κ1) is 18.0. The Morgan fingerprint density at radius 2 is 1.86 bits per heavy atom. The molecule has 0 spiro atoms. The molecule has 28 heavy (non-hydrogen) atoms. The van der Waals surface area contributed by atoms with Gasteiger partial charge in [-0.25, -0.2) is 9.07 Å². The van der Waals surface area contributed by atoms with Crippen molar-refractivity contribution in [1.29, 1.82) is 0 Å². The highest BCUT2D eigenvalue weighted by atomic mass is 32.2. The number of carbonyl (C=O) groups excluding carboxylic acids is 1. The second-order valence-electron chi connectivity index (χ2n) is 6.05. The largest absolute Gasteiger partial charge is 0.335 e. The topological polar surface area (TPSA) is 85.8 Å². The Morgan fingerprint density at radius 3 is 2.71 bits per heavy atom. The fraction of sp³-hybridized carbons (Fsp3) is 0.0500. The zero-order valence-corrected chi connectivity index (χ0v) is 15.5. The van der Waals surface area contributed by atoms with Gasteiger partial charge in [-0.15, -0.1) is 10.2 Å². The minimum Gasteiger partial charge on any atom is -0.335 e. The van der Waals surface area contributed by atoms with E-state index in [9.17, 15) is 9.18 Å². The molecule has 0 aliphatic rings. The van der Waals surface area contributed by atoms with Crippen LogP contribution in [0.1, 0.15) is 0 Å². The zero-order valence-electron chi connectivity index (χ0n) is 14.7. The highest BCUT2D eigenvalue weighted by Gasteiger charge is 2.14. The number of benzene rings is 3. The van der Waals surface area contributed by atoms with Crippen molar-refractivity contribution in [2.75, 3.05) is 16.9 Å². The molecule has 0 saturated heterocycles. The second kappa shape index (κ2) is 7.69. The number of nitrogens with two attached hydrogens (primary N) is 1. The van der Waals surface area contributed by atoms with Gasteiger partial charge in [-0.3, -0.25) is 4.79 Å². The molecule has 0 unspecified atom stereocenters. The monoisotopic (exact) mass is 393 g/mol. The van der Waals surface area contributed by atoms with Crippen LogP contribution in [-0.4, -0.2) is 26.5 Å². The summed E-state index contributed by atoms with van der Waals surface area (Å²) in [4.78, 5) is 12.4. The van der Waals surface area contributed by atoms with E-state index in [1.54, 1.807) is 12.1 Å². The number of amides is 1. The van der Waals surface area contributed by atoms with Crippen LogP contribution in [0.3, 0.4) is 0 Å². The maximum absolute atomic E-state index is 13.4. The minimum absolute atomic E-state index is 0.113. The highest BCUT2D eigenvalue weighted by Crippen LogP contribution is 2.25. The third-order valence-corrected chi connectivity index (χ3v) is 5.09. The van der Waals surface area contributed by atoms with E-state index in [1.807, 2.05) is 42.5 Å². The zero-order chi connectivity index (χ0) is 19.5. The lowest BCUT2D eigenvalue weighted by molar-refractivity contribution is -0.113. The number of nitrogens with one attached hydrogen (secondary N) is 1. The van der Waals surface area contributed by atoms with Gasteiger partial charge in [0.25, 0.3) is 0 Å². The molecule has 3 N–H and O–H groups in total. The molecular weight excluding hydrogens is 377 g/mol. The fourth-order valence-electron chi connectivity index (χ4n) is 2.85. The van der Waals surface area contributed by atoms with E-state index in [2.05, 4.69) is 15.5 Å². The summed E-state index contributed by atoms with van der Waals surface area (Å²) in [5, 5.41) is 13.3. The van der Waals surface area contributed by atoms with Crippen molar-refractivity contribution in [3.63, 3.8) is 0 Å². The summed E-state index contributed by atoms with van der Waals surface area (Å²) in [6, 6.07) is 19.5. The first-order valence-electron chi connectivity index (χ1n) is 8.48. The lowest BCUT2D eigenvalue weighted by Crippen LogP contribution is -2.16. The number of halogens is 1. The van der Waals surface area contributed by atoms with E-state index >= 15 is 0 Å². The number of anilines is 1. The Hall–Kier alpha value is -3.39. The Kier molecular flexibility index (Phi) is 4.94. The summed E-state index contributed by atoms with van der Waals surface area (Å²) in [7, 11) is 0. The normalized spacial score (nSPS) is 10.9. The van der Waals surface area contributed by atoms with Crippen LogP contribution >= 0.6 is 11.8 Å². The highest BCUT2D eigenvalue weighted by molar-refractivity contribution is 7.99. The molecule has 0 aliphatic heterocycles. The molecule has 0 saturated carbocycles. The van der Waals surface area contributed by atoms with Gasteiger partial charge in [0.1, 0.15) is 5.82 Å². The van der Waals surface area contributed by atoms with Gasteiger partial charge in [0.2, 0.25) is 11.1 Å². The summed E-state index contributed by atoms with van der Waals surface area (Å²) < 4.78 is 14.7. The first-order valence-corrected chi connectivity index (χ1v) is 9.47. The SMILES string of the molecule is Nn1c(SCC(=O)Nc2cccc3ccccc23)nnc1-c1cccc(F)c1. The smallest absolute Gasteiger partial charge is 0.234 e. The molecule has 140 valence electrons. The Morgan fingerprint density at radius 1 is 1.07 bits per heavy atom. The van der Waals surface area contributed by atoms with Crippen molar-refractivity contribution < 1.29 is 9.18 Å². The van der Waals surface area contributed by atoms with E-state index < -0.39 is 0 Å². The van der Waals surface area contributed by atoms with Gasteiger partial charge in [-0.2, -0.15) is 0 Å². The molecule has 6 nitrogen and oxygen atoms in total. The lowest BCUT2D eigenvalue weighted by Gasteiger charge is -2.08. The van der Waals surface area contributed by atoms with Gasteiger partial charge >= 0.3 is 0 Å². The molecule has 0 fully saturated rings. The predicted octanol–water partition coefficient (Wildman–Crippen LogP) is 3.68. The van der Waals surface area contributed by atoms with Crippen LogP contribution in [0.15, 0.2) is 71.9 Å². The van der Waals surface area contributed by atoms with Crippen LogP contribution in [0.2, 0.25) is 0 Å². The number of thioether (sulfide) groups is 1. The first-order chi connectivity index (χ1) is 13.6. The average molecular weight is 393 g/mol. The molecule has 4 aromatic rings. The number of nitrogens with zero attached hydrogens (tertiary/aromatic N) is 3. The van der Waals surface area contributed by atoms with Gasteiger partial charge in [0.15, 0.2) is 5.82 Å². The number of hydrogen-bond acceptors (Lipinski definition) is 5. The van der Waals surface area contributed by atoms with Gasteiger partial charge in [-0.1, -0.05) is 60.3 Å². The van der Waals surface area contributed by atoms with E-state index in [4.69, 9.17) is 5.84 Å². The molecule has 4 rings (SSSR count). The van der Waals surface area contributed by atoms with E-state index in [0.717, 1.165) is 28.2 Å². The van der Waals surface area contributed by atoms with E-state index in [0.29, 0.717) is 16.5 Å². The van der Waals surface area contributed by atoms with Crippen LogP contribution in [-0.2, 0) is 4.79 Å². The molecule has 3 aromatic carbocycles. The van der Waals surface area contributed by atoms with Crippen molar-refractivity contribution in [1.82, 2.24) is 14.9 Å². The van der Waals surface area contributed by atoms with Crippen molar-refractivity contribution in [3.05, 3.63) is 72.5 Å². The Balaban J connectivity index is 1.45. The van der Waals surface area contributed by atoms with Crippen LogP contribution in [0.4, 0.5) is 10.1 Å². The van der Waals surface area contributed by atoms with Crippen molar-refractivity contribution in [2.45, 2.75) is 5.16 Å². The van der Waals surface area contributed by atoms with Gasteiger partial charge < -0.3 is 11.2 Å². The molecule has 0 radical (unpaired) electrons. The third kappa shape index (κ3) is 3.67. The van der Waals surface area contributed by atoms with Gasteiger partial charge in [0.05, 0.1) is 5.75 Å². The van der Waals surface area contributed by atoms with Gasteiger partial charge in [0, 0.05) is 16.6 Å². The molecular formula is C20H16FN5OS. The molecule has 8 heteroatoms. The number of fused-ring (bicyclic) bond motifs is 1. The Bertz CT molecular complexity index is 1160. The van der Waals surface area contributed by atoms with Crippen LogP contribution < -0.4 is 11.2 Å². The molecule has 0 atom stereocenters. The molecule has 0 aliphatic carbocycles. The average Bonchev–Trinajstić information content (AvgIpc) is 3.07. The minimum atomic E-state index is -0.385. The standard InChI is InChI=1S/C20H16FN5OS/c21-15-8-3-7-14(11-15)19-24-25-20(26(19)22)28-12-18(27)23-17-10-4-6-13-5-1-2-9-16(13)17/h1-11H,12,22H2,(H,23,27). The quantitative estimate of drug-likeness (QED) is 0.399. The number of nitrogen functional groups attached to an aromatic ring is 1. The Labute approximate surface area is 164 Å². The summed E-state index contributed by atoms with van der Waals surface area (Å²) in [6.07, 6.45) is 0. The fourth-order valence-corrected chi connectivity index (χ4v) is 3.51. The van der Waals surface area contributed by atoms with Crippen LogP contribution in [0, 0.1) is 5.82 Å². The predicted molar refractivity (Wildman–Crippen MR) is 109 cm³/mol. The van der Waals surface area contributed by atoms with E-state index in [1.165, 1.54) is 16.8 Å². The maximum Gasteiger partial charge on any atom is 0.234 e. The van der Waals surface area contributed by atoms with Crippen LogP contribution in [0.25, 0.3) is 22.2 Å². The second-order valence-corrected chi connectivity index (χ2v) is 6.99. The summed E-state index contributed by atoms with van der Waals surface area (Å²) in [5.74, 6) is 5.89. The van der Waals surface area contributed by atoms with Crippen molar-refractivity contribution in [2.24, 2.45) is 0 Å². The molecule has 1 heterocycles. The summed E-state index contributed by atoms with van der Waals surface area (Å²) >= 11 is 1.16. The summed E-state index contributed by atoms with van der Waals surface area (Å²) in [6.45, 7) is 0. The summed E-state index contributed by atoms with van der Waals surface area (Å²) in [5.41, 5.74) is 1.26. The molecule has 1 amide bonds. The maximum atomic E-state index is 13.4. The number of aromatic nitrogens is 3. The van der Waals surface area contributed by atoms with Crippen LogP contribution in [0.5, 0.6) is 0 Å². The third-order valence-electron chi connectivity index (χ3n) is 4.14. The number of rotatable bonds is 5. The number of carbonyl (C=O) groups is 1. The van der Waals surface area contributed by atoms with E-state index in [-0.39, 0.29) is 17.5 Å². The lowest BCUT2D eigenvalue weighted by atomic mass is 10.1. The molecule has 0 bridgehead atoms.